The molecule has 1 saturated carbocycles. The number of nitrogens with zero attached hydrogens (tertiary/aromatic N) is 3. The van der Waals surface area contributed by atoms with E-state index in [0.29, 0.717) is 44.2 Å². The molecule has 3 fully saturated rings. The van der Waals surface area contributed by atoms with Gasteiger partial charge in [-0.15, -0.1) is 0 Å². The molecule has 186 valence electrons. The SMILES string of the molecule is C[C@H]1CCCC[C@@]12NC(=O)N(CN1CCN(S(=O)(=O)c3ccc4c(c3)OCCCO4)CC1)C2=O. The van der Waals surface area contributed by atoms with E-state index in [2.05, 4.69) is 5.32 Å². The molecule has 1 aromatic rings. The molecule has 34 heavy (non-hydrogen) atoms. The Bertz CT molecular complexity index is 1070. The molecule has 1 spiro atoms. The van der Waals surface area contributed by atoms with Crippen LogP contribution in [0.1, 0.15) is 39.0 Å². The van der Waals surface area contributed by atoms with Gasteiger partial charge in [0.25, 0.3) is 5.91 Å². The normalized spacial score (nSPS) is 28.7. The van der Waals surface area contributed by atoms with E-state index in [9.17, 15) is 18.0 Å². The third kappa shape index (κ3) is 4.03. The summed E-state index contributed by atoms with van der Waals surface area (Å²) in [6.45, 7) is 4.66. The van der Waals surface area contributed by atoms with Gasteiger partial charge in [0.15, 0.2) is 11.5 Å². The van der Waals surface area contributed by atoms with Gasteiger partial charge in [0.2, 0.25) is 10.0 Å². The van der Waals surface area contributed by atoms with E-state index in [1.807, 2.05) is 11.8 Å². The Morgan fingerprint density at radius 1 is 1.03 bits per heavy atom. The van der Waals surface area contributed by atoms with Crippen molar-refractivity contribution in [2.45, 2.75) is 49.5 Å². The molecular formula is C23H32N4O6S. The summed E-state index contributed by atoms with van der Waals surface area (Å²) in [5, 5.41) is 2.97. The fourth-order valence-electron chi connectivity index (χ4n) is 5.39. The molecule has 0 unspecified atom stereocenters. The molecule has 0 radical (unpaired) electrons. The van der Waals surface area contributed by atoms with Gasteiger partial charge in [0.1, 0.15) is 5.54 Å². The van der Waals surface area contributed by atoms with Crippen molar-refractivity contribution >= 4 is 22.0 Å². The first-order valence-electron chi connectivity index (χ1n) is 12.1. The van der Waals surface area contributed by atoms with Gasteiger partial charge in [0.05, 0.1) is 24.8 Å². The quantitative estimate of drug-likeness (QED) is 0.636. The number of hydrogen-bond acceptors (Lipinski definition) is 7. The highest BCUT2D eigenvalue weighted by Crippen LogP contribution is 2.38. The van der Waals surface area contributed by atoms with Crippen LogP contribution >= 0.6 is 0 Å². The van der Waals surface area contributed by atoms with Crippen molar-refractivity contribution in [3.8, 4) is 11.5 Å². The molecule has 3 aliphatic heterocycles. The van der Waals surface area contributed by atoms with Crippen molar-refractivity contribution in [3.63, 3.8) is 0 Å². The topological polar surface area (TPSA) is 108 Å². The predicted octanol–water partition coefficient (Wildman–Crippen LogP) is 1.61. The number of sulfonamides is 1. The van der Waals surface area contributed by atoms with Crippen LogP contribution in [-0.4, -0.2) is 86.1 Å². The minimum Gasteiger partial charge on any atom is -0.490 e. The number of urea groups is 1. The summed E-state index contributed by atoms with van der Waals surface area (Å²) in [5.41, 5.74) is -0.780. The van der Waals surface area contributed by atoms with Crippen molar-refractivity contribution in [2.75, 3.05) is 46.1 Å². The molecule has 5 rings (SSSR count). The maximum atomic E-state index is 13.2. The van der Waals surface area contributed by atoms with Crippen LogP contribution in [0.4, 0.5) is 4.79 Å². The molecule has 11 heteroatoms. The standard InChI is InChI=1S/C23H32N4O6S/c1-17-5-2-3-8-23(17)21(28)27(22(29)24-23)16-25-9-11-26(12-10-25)34(30,31)18-6-7-19-20(15-18)33-14-4-13-32-19/h6-7,15,17H,2-5,8-14,16H2,1H3,(H,24,29)/t17-,23+/m0/s1. The molecule has 2 saturated heterocycles. The van der Waals surface area contributed by atoms with Gasteiger partial charge in [-0.05, 0) is 30.9 Å². The van der Waals surface area contributed by atoms with Crippen LogP contribution in [-0.2, 0) is 14.8 Å². The van der Waals surface area contributed by atoms with Crippen LogP contribution in [0.5, 0.6) is 11.5 Å². The van der Waals surface area contributed by atoms with Crippen molar-refractivity contribution in [2.24, 2.45) is 5.92 Å². The summed E-state index contributed by atoms with van der Waals surface area (Å²) in [6, 6.07) is 4.37. The summed E-state index contributed by atoms with van der Waals surface area (Å²) in [5.74, 6) is 0.966. The zero-order valence-electron chi connectivity index (χ0n) is 19.5. The first kappa shape index (κ1) is 23.4. The molecule has 1 N–H and O–H groups in total. The number of benzene rings is 1. The lowest BCUT2D eigenvalue weighted by atomic mass is 9.73. The highest BCUT2D eigenvalue weighted by Gasteiger charge is 2.55. The van der Waals surface area contributed by atoms with Crippen LogP contribution < -0.4 is 14.8 Å². The highest BCUT2D eigenvalue weighted by molar-refractivity contribution is 7.89. The summed E-state index contributed by atoms with van der Waals surface area (Å²) in [7, 11) is -3.70. The monoisotopic (exact) mass is 492 g/mol. The Hall–Kier alpha value is -2.37. The van der Waals surface area contributed by atoms with Crippen molar-refractivity contribution in [3.05, 3.63) is 18.2 Å². The van der Waals surface area contributed by atoms with Crippen molar-refractivity contribution < 1.29 is 27.5 Å². The number of ether oxygens (including phenoxy) is 2. The van der Waals surface area contributed by atoms with E-state index in [4.69, 9.17) is 9.47 Å². The molecule has 4 aliphatic rings. The largest absolute Gasteiger partial charge is 0.490 e. The zero-order valence-corrected chi connectivity index (χ0v) is 20.3. The summed E-state index contributed by atoms with van der Waals surface area (Å²) in [4.78, 5) is 29.3. The first-order valence-corrected chi connectivity index (χ1v) is 13.5. The number of piperazine rings is 1. The van der Waals surface area contributed by atoms with E-state index in [1.54, 1.807) is 12.1 Å². The van der Waals surface area contributed by atoms with E-state index in [-0.39, 0.29) is 42.5 Å². The maximum absolute atomic E-state index is 13.2. The maximum Gasteiger partial charge on any atom is 0.326 e. The number of nitrogens with one attached hydrogen (secondary N) is 1. The average Bonchev–Trinajstić information content (AvgIpc) is 2.99. The van der Waals surface area contributed by atoms with Gasteiger partial charge in [-0.1, -0.05) is 19.8 Å². The van der Waals surface area contributed by atoms with Crippen LogP contribution in [0.25, 0.3) is 0 Å². The van der Waals surface area contributed by atoms with Gasteiger partial charge < -0.3 is 14.8 Å². The van der Waals surface area contributed by atoms with Gasteiger partial charge in [0, 0.05) is 38.7 Å². The second kappa shape index (κ2) is 9.01. The fraction of sp³-hybridized carbons (Fsp3) is 0.652. The number of carbonyl (C=O) groups is 2. The third-order valence-electron chi connectivity index (χ3n) is 7.53. The lowest BCUT2D eigenvalue weighted by Crippen LogP contribution is -2.55. The molecule has 0 bridgehead atoms. The number of amides is 3. The summed E-state index contributed by atoms with van der Waals surface area (Å²) in [6.07, 6.45) is 4.36. The minimum absolute atomic E-state index is 0.111. The zero-order chi connectivity index (χ0) is 23.9. The predicted molar refractivity (Wildman–Crippen MR) is 123 cm³/mol. The second-order valence-corrected chi connectivity index (χ2v) is 11.5. The van der Waals surface area contributed by atoms with Crippen LogP contribution in [0, 0.1) is 5.92 Å². The Morgan fingerprint density at radius 3 is 2.50 bits per heavy atom. The smallest absolute Gasteiger partial charge is 0.326 e. The van der Waals surface area contributed by atoms with E-state index < -0.39 is 15.6 Å². The molecule has 0 aromatic heterocycles. The van der Waals surface area contributed by atoms with Gasteiger partial charge in [-0.3, -0.25) is 9.69 Å². The summed E-state index contributed by atoms with van der Waals surface area (Å²) >= 11 is 0. The van der Waals surface area contributed by atoms with Crippen LogP contribution in [0.2, 0.25) is 0 Å². The van der Waals surface area contributed by atoms with Crippen LogP contribution in [0.3, 0.4) is 0 Å². The number of hydrogen-bond donors (Lipinski definition) is 1. The number of imide groups is 1. The fourth-order valence-corrected chi connectivity index (χ4v) is 6.83. The number of carbonyl (C=O) groups excluding carboxylic acids is 2. The molecule has 3 amide bonds. The van der Waals surface area contributed by atoms with Gasteiger partial charge in [-0.2, -0.15) is 4.31 Å². The van der Waals surface area contributed by atoms with Crippen molar-refractivity contribution in [1.29, 1.82) is 0 Å². The second-order valence-electron chi connectivity index (χ2n) is 9.60. The number of fused-ring (bicyclic) bond motifs is 1. The van der Waals surface area contributed by atoms with Crippen molar-refractivity contribution in [1.82, 2.24) is 19.4 Å². The van der Waals surface area contributed by atoms with E-state index >= 15 is 0 Å². The molecule has 1 aromatic carbocycles. The molecule has 1 aliphatic carbocycles. The first-order chi connectivity index (χ1) is 16.3. The Labute approximate surface area is 200 Å². The van der Waals surface area contributed by atoms with Crippen LogP contribution in [0.15, 0.2) is 23.1 Å². The van der Waals surface area contributed by atoms with E-state index in [0.717, 1.165) is 25.7 Å². The lowest BCUT2D eigenvalue weighted by molar-refractivity contribution is -0.135. The Kier molecular flexibility index (Phi) is 6.19. The number of rotatable bonds is 4. The van der Waals surface area contributed by atoms with E-state index in [1.165, 1.54) is 15.3 Å². The lowest BCUT2D eigenvalue weighted by Gasteiger charge is -2.38. The molecule has 2 atom stereocenters. The van der Waals surface area contributed by atoms with Gasteiger partial charge in [-0.25, -0.2) is 18.1 Å². The van der Waals surface area contributed by atoms with Gasteiger partial charge >= 0.3 is 6.03 Å². The minimum atomic E-state index is -3.70. The highest BCUT2D eigenvalue weighted by atomic mass is 32.2. The molecular weight excluding hydrogens is 460 g/mol. The summed E-state index contributed by atoms with van der Waals surface area (Å²) < 4.78 is 39.2. The Morgan fingerprint density at radius 2 is 1.76 bits per heavy atom. The third-order valence-corrected chi connectivity index (χ3v) is 9.43. The Balaban J connectivity index is 1.22. The molecule has 10 nitrogen and oxygen atoms in total. The molecule has 3 heterocycles. The average molecular weight is 493 g/mol.